The molecule has 11 heteroatoms. The zero-order chi connectivity index (χ0) is 18.2. The molecule has 1 aliphatic heterocycles. The van der Waals surface area contributed by atoms with Gasteiger partial charge in [-0.05, 0) is 18.9 Å². The third-order valence-corrected chi connectivity index (χ3v) is 3.88. The lowest BCUT2D eigenvalue weighted by atomic mass is 10.1. The summed E-state index contributed by atoms with van der Waals surface area (Å²) >= 11 is 0. The maximum atomic E-state index is 12.7. The highest BCUT2D eigenvalue weighted by molar-refractivity contribution is 5.74. The second kappa shape index (κ2) is 6.30. The first kappa shape index (κ1) is 17.1. The minimum absolute atomic E-state index is 0.00510. The Bertz CT molecular complexity index is 858. The van der Waals surface area contributed by atoms with Gasteiger partial charge >= 0.3 is 17.8 Å². The number of hydrogen-bond donors (Lipinski definition) is 0. The van der Waals surface area contributed by atoms with Gasteiger partial charge in [0.1, 0.15) is 11.9 Å². The van der Waals surface area contributed by atoms with E-state index >= 15 is 0 Å². The van der Waals surface area contributed by atoms with E-state index in [2.05, 4.69) is 15.1 Å². The predicted molar refractivity (Wildman–Crippen MR) is 76.6 cm³/mol. The summed E-state index contributed by atoms with van der Waals surface area (Å²) in [5.41, 5.74) is -0.591. The van der Waals surface area contributed by atoms with E-state index in [4.69, 9.17) is 4.74 Å². The summed E-state index contributed by atoms with van der Waals surface area (Å²) in [6.07, 6.45) is -2.11. The smallest absolute Gasteiger partial charge is 0.451 e. The molecule has 3 heterocycles. The molecule has 0 amide bonds. The van der Waals surface area contributed by atoms with Crippen LogP contribution in [0.2, 0.25) is 0 Å². The highest BCUT2D eigenvalue weighted by Crippen LogP contribution is 2.26. The first-order chi connectivity index (χ1) is 11.8. The van der Waals surface area contributed by atoms with Crippen LogP contribution in [0.5, 0.6) is 0 Å². The molecule has 8 nitrogen and oxygen atoms in total. The molecule has 0 aromatic carbocycles. The monoisotopic (exact) mass is 357 g/mol. The Morgan fingerprint density at radius 3 is 2.88 bits per heavy atom. The summed E-state index contributed by atoms with van der Waals surface area (Å²) in [7, 11) is 1.23. The normalized spacial score (nSPS) is 17.2. The molecule has 2 aromatic heterocycles. The van der Waals surface area contributed by atoms with Gasteiger partial charge < -0.3 is 4.74 Å². The largest absolute Gasteiger partial charge is 0.467 e. The van der Waals surface area contributed by atoms with Gasteiger partial charge in [0.2, 0.25) is 5.82 Å². The van der Waals surface area contributed by atoms with Gasteiger partial charge in [-0.2, -0.15) is 18.3 Å². The van der Waals surface area contributed by atoms with E-state index in [9.17, 15) is 22.8 Å². The van der Waals surface area contributed by atoms with Crippen LogP contribution >= 0.6 is 0 Å². The average Bonchev–Trinajstić information content (AvgIpc) is 2.90. The average molecular weight is 357 g/mol. The first-order valence-corrected chi connectivity index (χ1v) is 7.46. The summed E-state index contributed by atoms with van der Waals surface area (Å²) in [5.74, 6) is -1.43. The number of hydrogen-bond acceptors (Lipinski definition) is 6. The lowest BCUT2D eigenvalue weighted by molar-refractivity contribution is -0.146. The van der Waals surface area contributed by atoms with Crippen LogP contribution < -0.4 is 5.69 Å². The van der Waals surface area contributed by atoms with Crippen molar-refractivity contribution >= 4 is 5.97 Å². The molecule has 1 aliphatic rings. The van der Waals surface area contributed by atoms with Crippen LogP contribution in [0.15, 0.2) is 17.1 Å². The molecule has 0 saturated carbocycles. The fraction of sp³-hybridized carbons (Fsp3) is 0.500. The number of fused-ring (bicyclic) bond motifs is 1. The zero-order valence-corrected chi connectivity index (χ0v) is 13.2. The molecule has 0 bridgehead atoms. The second-order valence-electron chi connectivity index (χ2n) is 5.53. The van der Waals surface area contributed by atoms with Crippen molar-refractivity contribution in [3.05, 3.63) is 40.1 Å². The third kappa shape index (κ3) is 3.26. The Hall–Kier alpha value is -2.72. The summed E-state index contributed by atoms with van der Waals surface area (Å²) in [4.78, 5) is 31.0. The second-order valence-corrected chi connectivity index (χ2v) is 5.53. The van der Waals surface area contributed by atoms with Crippen molar-refractivity contribution in [2.45, 2.75) is 38.0 Å². The highest BCUT2D eigenvalue weighted by Gasteiger charge is 2.35. The molecular formula is C14H14F3N5O3. The van der Waals surface area contributed by atoms with Crippen molar-refractivity contribution < 1.29 is 22.7 Å². The first-order valence-electron chi connectivity index (χ1n) is 7.46. The maximum Gasteiger partial charge on any atom is 0.451 e. The van der Waals surface area contributed by atoms with Crippen molar-refractivity contribution in [1.29, 1.82) is 0 Å². The van der Waals surface area contributed by atoms with Gasteiger partial charge in [0.25, 0.3) is 0 Å². The van der Waals surface area contributed by atoms with E-state index in [1.54, 1.807) is 0 Å². The van der Waals surface area contributed by atoms with Crippen molar-refractivity contribution in [3.8, 4) is 0 Å². The van der Waals surface area contributed by atoms with Gasteiger partial charge in [-0.15, -0.1) is 0 Å². The SMILES string of the molecule is COC(=O)C1CCCc2nn(Cc3ccnc(C(F)(F)F)n3)c(=O)n21. The van der Waals surface area contributed by atoms with Crippen LogP contribution in [0.25, 0.3) is 0 Å². The van der Waals surface area contributed by atoms with Gasteiger partial charge in [-0.25, -0.2) is 24.2 Å². The number of nitrogens with zero attached hydrogens (tertiary/aromatic N) is 5. The number of alkyl halides is 3. The Morgan fingerprint density at radius 1 is 1.44 bits per heavy atom. The Kier molecular flexibility index (Phi) is 4.31. The van der Waals surface area contributed by atoms with Crippen LogP contribution in [-0.2, 0) is 28.7 Å². The van der Waals surface area contributed by atoms with Crippen molar-refractivity contribution in [2.24, 2.45) is 0 Å². The molecule has 0 fully saturated rings. The van der Waals surface area contributed by atoms with Crippen molar-refractivity contribution in [3.63, 3.8) is 0 Å². The number of carbonyl (C=O) groups is 1. The van der Waals surface area contributed by atoms with E-state index < -0.39 is 29.7 Å². The standard InChI is InChI=1S/C14H14F3N5O3/c1-25-11(23)9-3-2-4-10-20-21(13(24)22(9)10)7-8-5-6-18-12(19-8)14(15,16)17/h5-6,9H,2-4,7H2,1H3. The van der Waals surface area contributed by atoms with Crippen LogP contribution in [0.3, 0.4) is 0 Å². The van der Waals surface area contributed by atoms with Crippen molar-refractivity contribution in [2.75, 3.05) is 7.11 Å². The number of esters is 1. The Morgan fingerprint density at radius 2 is 2.20 bits per heavy atom. The topological polar surface area (TPSA) is 91.9 Å². The van der Waals surface area contributed by atoms with Gasteiger partial charge in [0.05, 0.1) is 19.3 Å². The molecule has 0 N–H and O–H groups in total. The minimum Gasteiger partial charge on any atom is -0.467 e. The van der Waals surface area contributed by atoms with Crippen LogP contribution in [0, 0.1) is 0 Å². The molecule has 0 radical (unpaired) electrons. The zero-order valence-electron chi connectivity index (χ0n) is 13.2. The summed E-state index contributed by atoms with van der Waals surface area (Å²) in [6.45, 7) is -0.252. The number of ether oxygens (including phenoxy) is 1. The molecule has 0 aliphatic carbocycles. The molecule has 3 rings (SSSR count). The summed E-state index contributed by atoms with van der Waals surface area (Å²) < 4.78 is 45.0. The molecule has 0 saturated heterocycles. The lowest BCUT2D eigenvalue weighted by Crippen LogP contribution is -2.35. The third-order valence-electron chi connectivity index (χ3n) is 3.88. The Labute approximate surface area is 139 Å². The number of aryl methyl sites for hydroxylation is 1. The van der Waals surface area contributed by atoms with Gasteiger partial charge in [-0.3, -0.25) is 4.57 Å². The lowest BCUT2D eigenvalue weighted by Gasteiger charge is -2.20. The van der Waals surface area contributed by atoms with Gasteiger partial charge in [0, 0.05) is 12.6 Å². The molecule has 1 unspecified atom stereocenters. The number of carbonyl (C=O) groups excluding carboxylic acids is 1. The van der Waals surface area contributed by atoms with Crippen molar-refractivity contribution in [1.82, 2.24) is 24.3 Å². The van der Waals surface area contributed by atoms with E-state index in [1.165, 1.54) is 17.7 Å². The summed E-state index contributed by atoms with van der Waals surface area (Å²) in [5, 5.41) is 4.12. The number of halogens is 3. The van der Waals surface area contributed by atoms with E-state index in [0.717, 1.165) is 10.9 Å². The summed E-state index contributed by atoms with van der Waals surface area (Å²) in [6, 6.07) is 0.504. The minimum atomic E-state index is -4.68. The van der Waals surface area contributed by atoms with Crippen LogP contribution in [0.4, 0.5) is 13.2 Å². The van der Waals surface area contributed by atoms with Crippen LogP contribution in [-0.4, -0.2) is 37.4 Å². The molecule has 2 aromatic rings. The van der Waals surface area contributed by atoms with E-state index in [-0.39, 0.29) is 12.2 Å². The number of aromatic nitrogens is 5. The fourth-order valence-corrected chi connectivity index (χ4v) is 2.77. The molecule has 25 heavy (non-hydrogen) atoms. The quantitative estimate of drug-likeness (QED) is 0.760. The van der Waals surface area contributed by atoms with Crippen LogP contribution in [0.1, 0.15) is 36.2 Å². The fourth-order valence-electron chi connectivity index (χ4n) is 2.77. The predicted octanol–water partition coefficient (Wildman–Crippen LogP) is 0.952. The maximum absolute atomic E-state index is 12.7. The molecule has 0 spiro atoms. The van der Waals surface area contributed by atoms with E-state index in [0.29, 0.717) is 25.1 Å². The number of rotatable bonds is 3. The molecule has 134 valence electrons. The Balaban J connectivity index is 1.94. The van der Waals surface area contributed by atoms with E-state index in [1.807, 2.05) is 0 Å². The number of methoxy groups -OCH3 is 1. The van der Waals surface area contributed by atoms with Gasteiger partial charge in [-0.1, -0.05) is 0 Å². The highest BCUT2D eigenvalue weighted by atomic mass is 19.4. The van der Waals surface area contributed by atoms with Gasteiger partial charge in [0.15, 0.2) is 0 Å². The molecule has 1 atom stereocenters. The molecular weight excluding hydrogens is 343 g/mol.